The zero-order valence-corrected chi connectivity index (χ0v) is 20.3. The first-order chi connectivity index (χ1) is 17.7. The van der Waals surface area contributed by atoms with Gasteiger partial charge in [-0.15, -0.1) is 0 Å². The molecule has 2 unspecified atom stereocenters. The molecule has 0 aromatic carbocycles. The van der Waals surface area contributed by atoms with E-state index in [0.717, 1.165) is 64.5 Å². The van der Waals surface area contributed by atoms with Gasteiger partial charge < -0.3 is 24.4 Å². The summed E-state index contributed by atoms with van der Waals surface area (Å²) in [4.78, 5) is 24.8. The Morgan fingerprint density at radius 1 is 1.03 bits per heavy atom. The van der Waals surface area contributed by atoms with E-state index >= 15 is 0 Å². The number of aromatic nitrogens is 1. The number of ether oxygens (including phenoxy) is 3. The molecule has 4 heterocycles. The highest BCUT2D eigenvalue weighted by atomic mass is 19.4. The summed E-state index contributed by atoms with van der Waals surface area (Å²) >= 11 is 0. The van der Waals surface area contributed by atoms with Gasteiger partial charge in [0.1, 0.15) is 0 Å². The smallest absolute Gasteiger partial charge is 0.477 e. The van der Waals surface area contributed by atoms with Gasteiger partial charge in [-0.2, -0.15) is 26.3 Å². The molecule has 9 nitrogen and oxygen atoms in total. The monoisotopic (exact) mass is 560 g/mol. The number of nitrogens with zero attached hydrogens (tertiary/aromatic N) is 2. The predicted octanol–water partition coefficient (Wildman–Crippen LogP) is 3.78. The number of alkyl halides is 6. The molecule has 4 rings (SSSR count). The molecule has 1 aromatic rings. The van der Waals surface area contributed by atoms with Crippen LogP contribution in [0.1, 0.15) is 32.1 Å². The Kier molecular flexibility index (Phi) is 11.6. The number of likely N-dealkylation sites (tertiary alicyclic amines) is 1. The molecular formula is C23H30F6N2O7. The first-order valence-electron chi connectivity index (χ1n) is 11.8. The Balaban J connectivity index is 0.000000301. The molecule has 0 aliphatic carbocycles. The average Bonchev–Trinajstić information content (AvgIpc) is 2.88. The summed E-state index contributed by atoms with van der Waals surface area (Å²) in [5.74, 6) is -4.79. The van der Waals surface area contributed by atoms with E-state index < -0.39 is 24.3 Å². The van der Waals surface area contributed by atoms with E-state index in [0.29, 0.717) is 18.8 Å². The molecular weight excluding hydrogens is 530 g/mol. The summed E-state index contributed by atoms with van der Waals surface area (Å²) in [5, 5.41) is 14.2. The molecule has 0 amide bonds. The van der Waals surface area contributed by atoms with Gasteiger partial charge in [-0.3, -0.25) is 4.90 Å². The normalized spacial score (nSPS) is 24.5. The SMILES string of the molecule is O=C(O)C(F)(F)F.O=C(O)C(F)(F)F.c1ccc(OCC23CCCOC2CCN(C2CCOCC2)C3)nc1. The van der Waals surface area contributed by atoms with Crippen molar-refractivity contribution in [1.29, 1.82) is 0 Å². The minimum absolute atomic E-state index is 0.103. The van der Waals surface area contributed by atoms with Crippen LogP contribution in [0.15, 0.2) is 24.4 Å². The number of carbonyl (C=O) groups is 2. The van der Waals surface area contributed by atoms with E-state index in [1.807, 2.05) is 18.2 Å². The molecule has 38 heavy (non-hydrogen) atoms. The first-order valence-corrected chi connectivity index (χ1v) is 11.8. The molecule has 0 saturated carbocycles. The Bertz CT molecular complexity index is 857. The molecule has 0 radical (unpaired) electrons. The summed E-state index contributed by atoms with van der Waals surface area (Å²) in [6, 6.07) is 6.50. The Morgan fingerprint density at radius 3 is 2.16 bits per heavy atom. The minimum atomic E-state index is -5.08. The van der Waals surface area contributed by atoms with Gasteiger partial charge in [-0.1, -0.05) is 6.07 Å². The number of carboxylic acids is 2. The van der Waals surface area contributed by atoms with Crippen molar-refractivity contribution < 1.29 is 60.4 Å². The topological polar surface area (TPSA) is 118 Å². The van der Waals surface area contributed by atoms with Crippen molar-refractivity contribution in [2.45, 2.75) is 56.6 Å². The molecule has 3 aliphatic rings. The lowest BCUT2D eigenvalue weighted by molar-refractivity contribution is -0.193. The van der Waals surface area contributed by atoms with E-state index in [1.165, 1.54) is 6.42 Å². The van der Waals surface area contributed by atoms with E-state index in [4.69, 9.17) is 34.0 Å². The van der Waals surface area contributed by atoms with Crippen molar-refractivity contribution in [2.75, 3.05) is 39.5 Å². The molecule has 0 bridgehead atoms. The molecule has 1 aromatic heterocycles. The lowest BCUT2D eigenvalue weighted by Crippen LogP contribution is -2.59. The third-order valence-electron chi connectivity index (χ3n) is 6.36. The van der Waals surface area contributed by atoms with Crippen molar-refractivity contribution in [2.24, 2.45) is 5.41 Å². The lowest BCUT2D eigenvalue weighted by Gasteiger charge is -2.52. The summed E-state index contributed by atoms with van der Waals surface area (Å²) in [5.41, 5.74) is 0.103. The first kappa shape index (κ1) is 31.6. The Morgan fingerprint density at radius 2 is 1.63 bits per heavy atom. The van der Waals surface area contributed by atoms with Gasteiger partial charge in [-0.05, 0) is 38.2 Å². The second-order valence-electron chi connectivity index (χ2n) is 8.99. The van der Waals surface area contributed by atoms with Crippen LogP contribution in [0.4, 0.5) is 26.3 Å². The van der Waals surface area contributed by atoms with Crippen molar-refractivity contribution in [3.8, 4) is 5.88 Å². The zero-order chi connectivity index (χ0) is 28.4. The van der Waals surface area contributed by atoms with Crippen LogP contribution in [0.3, 0.4) is 0 Å². The van der Waals surface area contributed by atoms with Crippen LogP contribution in [0.25, 0.3) is 0 Å². The number of hydrogen-bond donors (Lipinski definition) is 2. The summed E-state index contributed by atoms with van der Waals surface area (Å²) < 4.78 is 81.3. The van der Waals surface area contributed by atoms with Crippen LogP contribution >= 0.6 is 0 Å². The van der Waals surface area contributed by atoms with Crippen LogP contribution in [-0.4, -0.2) is 96.1 Å². The Labute approximate surface area is 214 Å². The molecule has 2 atom stereocenters. The number of carboxylic acid groups (broad SMARTS) is 2. The molecule has 15 heteroatoms. The number of rotatable bonds is 4. The zero-order valence-electron chi connectivity index (χ0n) is 20.3. The third-order valence-corrected chi connectivity index (χ3v) is 6.36. The van der Waals surface area contributed by atoms with E-state index in [9.17, 15) is 26.3 Å². The van der Waals surface area contributed by atoms with Crippen LogP contribution < -0.4 is 4.74 Å². The van der Waals surface area contributed by atoms with E-state index in [2.05, 4.69) is 9.88 Å². The molecule has 0 spiro atoms. The second-order valence-corrected chi connectivity index (χ2v) is 8.99. The highest BCUT2D eigenvalue weighted by Crippen LogP contribution is 2.41. The van der Waals surface area contributed by atoms with Gasteiger partial charge >= 0.3 is 24.3 Å². The minimum Gasteiger partial charge on any atom is -0.477 e. The number of hydrogen-bond acceptors (Lipinski definition) is 7. The van der Waals surface area contributed by atoms with Gasteiger partial charge in [-0.25, -0.2) is 14.6 Å². The number of pyridine rings is 1. The van der Waals surface area contributed by atoms with Crippen molar-refractivity contribution >= 4 is 11.9 Å². The van der Waals surface area contributed by atoms with Crippen molar-refractivity contribution in [3.05, 3.63) is 24.4 Å². The largest absolute Gasteiger partial charge is 0.490 e. The van der Waals surface area contributed by atoms with E-state index in [-0.39, 0.29) is 5.41 Å². The highest BCUT2D eigenvalue weighted by molar-refractivity contribution is 5.73. The quantitative estimate of drug-likeness (QED) is 0.531. The third kappa shape index (κ3) is 9.91. The fourth-order valence-electron chi connectivity index (χ4n) is 4.55. The van der Waals surface area contributed by atoms with E-state index in [1.54, 1.807) is 6.20 Å². The fraction of sp³-hybridized carbons (Fsp3) is 0.696. The maximum Gasteiger partial charge on any atom is 0.490 e. The molecule has 3 fully saturated rings. The Hall–Kier alpha value is -2.65. The highest BCUT2D eigenvalue weighted by Gasteiger charge is 2.48. The number of aliphatic carboxylic acids is 2. The van der Waals surface area contributed by atoms with Gasteiger partial charge in [0.15, 0.2) is 0 Å². The predicted molar refractivity (Wildman–Crippen MR) is 119 cm³/mol. The van der Waals surface area contributed by atoms with Crippen molar-refractivity contribution in [1.82, 2.24) is 9.88 Å². The van der Waals surface area contributed by atoms with Crippen LogP contribution in [0, 0.1) is 5.41 Å². The van der Waals surface area contributed by atoms with Gasteiger partial charge in [0.25, 0.3) is 0 Å². The number of halogens is 6. The molecule has 3 aliphatic heterocycles. The standard InChI is InChI=1S/C19H28N2O3.2C2HF3O2/c1-2-9-20-18(4-1)24-15-19-8-3-11-23-17(19)5-10-21(14-19)16-6-12-22-13-7-16;2*3-2(4,5)1(6)7/h1-2,4,9,16-17H,3,5-8,10-15H2;2*(H,6,7). The molecule has 2 N–H and O–H groups in total. The molecule has 3 saturated heterocycles. The van der Waals surface area contributed by atoms with Gasteiger partial charge in [0, 0.05) is 56.6 Å². The lowest BCUT2D eigenvalue weighted by atomic mass is 9.72. The number of piperidine rings is 1. The van der Waals surface area contributed by atoms with Crippen LogP contribution in [-0.2, 0) is 19.1 Å². The number of fused-ring (bicyclic) bond motifs is 1. The summed E-state index contributed by atoms with van der Waals surface area (Å²) in [7, 11) is 0. The van der Waals surface area contributed by atoms with Gasteiger partial charge in [0.05, 0.1) is 12.7 Å². The molecule has 216 valence electrons. The fourth-order valence-corrected chi connectivity index (χ4v) is 4.55. The van der Waals surface area contributed by atoms with Crippen LogP contribution in [0.5, 0.6) is 5.88 Å². The summed E-state index contributed by atoms with van der Waals surface area (Å²) in [6.45, 7) is 5.62. The second kappa shape index (κ2) is 13.9. The maximum atomic E-state index is 10.6. The summed E-state index contributed by atoms with van der Waals surface area (Å²) in [6.07, 6.45) is -2.31. The maximum absolute atomic E-state index is 10.6. The average molecular weight is 560 g/mol. The van der Waals surface area contributed by atoms with Gasteiger partial charge in [0.2, 0.25) is 5.88 Å². The van der Waals surface area contributed by atoms with Crippen molar-refractivity contribution in [3.63, 3.8) is 0 Å². The van der Waals surface area contributed by atoms with Crippen LogP contribution in [0.2, 0.25) is 0 Å².